The van der Waals surface area contributed by atoms with Crippen molar-refractivity contribution >= 4 is 15.7 Å². The highest BCUT2D eigenvalue weighted by molar-refractivity contribution is 7.92. The van der Waals surface area contributed by atoms with Crippen LogP contribution in [0, 0.1) is 0 Å². The Balaban J connectivity index is 2.19. The molecule has 1 N–H and O–H groups in total. The molecule has 0 saturated heterocycles. The van der Waals surface area contributed by atoms with E-state index < -0.39 is 21.5 Å². The van der Waals surface area contributed by atoms with Gasteiger partial charge in [-0.3, -0.25) is 4.79 Å². The summed E-state index contributed by atoms with van der Waals surface area (Å²) in [6.07, 6.45) is 7.21. The fraction of sp³-hybridized carbons (Fsp3) is 0.455. The molecule has 0 unspecified atom stereocenters. The number of nitrogens with zero attached hydrogens (tertiary/aromatic N) is 2. The van der Waals surface area contributed by atoms with E-state index in [0.717, 1.165) is 13.0 Å². The molecule has 0 aliphatic rings. The molecule has 0 aromatic carbocycles. The minimum atomic E-state index is -3.36. The van der Waals surface area contributed by atoms with Gasteiger partial charge >= 0.3 is 0 Å². The number of aryl methyl sites for hydroxylation is 1. The molecule has 18 heavy (non-hydrogen) atoms. The van der Waals surface area contributed by atoms with Crippen molar-refractivity contribution in [3.63, 3.8) is 0 Å². The molecule has 100 valence electrons. The van der Waals surface area contributed by atoms with Gasteiger partial charge in [-0.05, 0) is 6.42 Å². The van der Waals surface area contributed by atoms with E-state index in [1.807, 2.05) is 10.8 Å². The number of rotatable bonds is 8. The average Bonchev–Trinajstić information content (AvgIpc) is 2.76. The van der Waals surface area contributed by atoms with Crippen molar-refractivity contribution in [2.45, 2.75) is 13.0 Å². The predicted molar refractivity (Wildman–Crippen MR) is 68.7 cm³/mol. The van der Waals surface area contributed by atoms with E-state index in [9.17, 15) is 13.2 Å². The summed E-state index contributed by atoms with van der Waals surface area (Å²) in [4.78, 5) is 15.2. The quantitative estimate of drug-likeness (QED) is 0.532. The summed E-state index contributed by atoms with van der Waals surface area (Å²) in [5, 5.41) is 2.57. The summed E-state index contributed by atoms with van der Waals surface area (Å²) >= 11 is 0. The molecule has 1 amide bonds. The summed E-state index contributed by atoms with van der Waals surface area (Å²) in [6.45, 7) is 4.52. The van der Waals surface area contributed by atoms with Gasteiger partial charge in [0.15, 0.2) is 9.84 Å². The van der Waals surface area contributed by atoms with Crippen LogP contribution in [-0.4, -0.2) is 41.9 Å². The molecule has 0 aliphatic carbocycles. The van der Waals surface area contributed by atoms with Gasteiger partial charge in [0, 0.05) is 25.5 Å². The molecule has 0 radical (unpaired) electrons. The van der Waals surface area contributed by atoms with E-state index in [2.05, 4.69) is 16.9 Å². The topological polar surface area (TPSA) is 81.1 Å². The maximum Gasteiger partial charge on any atom is 0.235 e. The smallest absolute Gasteiger partial charge is 0.235 e. The Morgan fingerprint density at radius 3 is 2.89 bits per heavy atom. The number of imidazole rings is 1. The van der Waals surface area contributed by atoms with Gasteiger partial charge in [0.25, 0.3) is 0 Å². The summed E-state index contributed by atoms with van der Waals surface area (Å²) < 4.78 is 24.5. The lowest BCUT2D eigenvalue weighted by Crippen LogP contribution is -2.32. The third kappa shape index (κ3) is 5.62. The zero-order valence-corrected chi connectivity index (χ0v) is 10.9. The largest absolute Gasteiger partial charge is 0.355 e. The summed E-state index contributed by atoms with van der Waals surface area (Å²) in [5.74, 6) is -1.12. The number of hydrogen-bond donors (Lipinski definition) is 1. The first-order valence-corrected chi connectivity index (χ1v) is 7.39. The van der Waals surface area contributed by atoms with Gasteiger partial charge in [0.1, 0.15) is 5.75 Å². The Morgan fingerprint density at radius 2 is 2.28 bits per heavy atom. The van der Waals surface area contributed by atoms with Gasteiger partial charge in [0.05, 0.1) is 12.1 Å². The normalized spacial score (nSPS) is 11.1. The fourth-order valence-corrected chi connectivity index (χ4v) is 2.38. The minimum Gasteiger partial charge on any atom is -0.355 e. The van der Waals surface area contributed by atoms with E-state index in [4.69, 9.17) is 0 Å². The number of sulfone groups is 1. The Kier molecular flexibility index (Phi) is 5.57. The monoisotopic (exact) mass is 271 g/mol. The second-order valence-corrected chi connectivity index (χ2v) is 5.96. The molecular weight excluding hydrogens is 254 g/mol. The Hall–Kier alpha value is -1.63. The molecule has 7 heteroatoms. The van der Waals surface area contributed by atoms with Crippen molar-refractivity contribution in [2.75, 3.05) is 18.1 Å². The molecule has 1 aromatic rings. The standard InChI is InChI=1S/C11H17N3O3S/c1-2-8-18(16,17)9-11(15)13-4-3-6-14-7-5-12-10-14/h2,5,7,10H,1,3-4,6,8-9H2,(H,13,15). The third-order valence-corrected chi connectivity index (χ3v) is 3.64. The minimum absolute atomic E-state index is 0.171. The van der Waals surface area contributed by atoms with Crippen molar-refractivity contribution in [1.82, 2.24) is 14.9 Å². The van der Waals surface area contributed by atoms with Gasteiger partial charge in [-0.15, -0.1) is 6.58 Å². The van der Waals surface area contributed by atoms with Crippen LogP contribution in [-0.2, 0) is 21.2 Å². The lowest BCUT2D eigenvalue weighted by molar-refractivity contribution is -0.118. The molecule has 0 fully saturated rings. The molecule has 0 saturated carbocycles. The van der Waals surface area contributed by atoms with E-state index >= 15 is 0 Å². The van der Waals surface area contributed by atoms with Crippen molar-refractivity contribution in [3.8, 4) is 0 Å². The van der Waals surface area contributed by atoms with Crippen molar-refractivity contribution in [1.29, 1.82) is 0 Å². The predicted octanol–water partition coefficient (Wildman–Crippen LogP) is -0.00980. The SMILES string of the molecule is C=CCS(=O)(=O)CC(=O)NCCCn1ccnc1. The first kappa shape index (κ1) is 14.4. The van der Waals surface area contributed by atoms with Crippen LogP contribution in [0.3, 0.4) is 0 Å². The van der Waals surface area contributed by atoms with Crippen LogP contribution in [0.25, 0.3) is 0 Å². The average molecular weight is 271 g/mol. The molecule has 0 atom stereocenters. The molecule has 0 aliphatic heterocycles. The first-order chi connectivity index (χ1) is 8.53. The third-order valence-electron chi connectivity index (χ3n) is 2.20. The van der Waals surface area contributed by atoms with Gasteiger partial charge in [-0.1, -0.05) is 6.08 Å². The molecule has 0 spiro atoms. The summed E-state index contributed by atoms with van der Waals surface area (Å²) in [7, 11) is -3.36. The number of nitrogens with one attached hydrogen (secondary N) is 1. The highest BCUT2D eigenvalue weighted by atomic mass is 32.2. The molecule has 0 bridgehead atoms. The van der Waals surface area contributed by atoms with Crippen LogP contribution in [0.15, 0.2) is 31.4 Å². The Bertz CT molecular complexity index is 480. The van der Waals surface area contributed by atoms with Crippen LogP contribution in [0.1, 0.15) is 6.42 Å². The first-order valence-electron chi connectivity index (χ1n) is 5.57. The summed E-state index contributed by atoms with van der Waals surface area (Å²) in [5.41, 5.74) is 0. The lowest BCUT2D eigenvalue weighted by Gasteiger charge is -2.05. The number of hydrogen-bond acceptors (Lipinski definition) is 4. The lowest BCUT2D eigenvalue weighted by atomic mass is 10.4. The number of amides is 1. The number of carbonyl (C=O) groups excluding carboxylic acids is 1. The van der Waals surface area contributed by atoms with E-state index in [-0.39, 0.29) is 5.75 Å². The maximum absolute atomic E-state index is 11.4. The zero-order chi connectivity index (χ0) is 13.4. The molecular formula is C11H17N3O3S. The molecule has 6 nitrogen and oxygen atoms in total. The Morgan fingerprint density at radius 1 is 1.50 bits per heavy atom. The van der Waals surface area contributed by atoms with E-state index in [1.165, 1.54) is 6.08 Å². The Labute approximate surface area is 107 Å². The van der Waals surface area contributed by atoms with Gasteiger partial charge < -0.3 is 9.88 Å². The maximum atomic E-state index is 11.4. The van der Waals surface area contributed by atoms with Crippen LogP contribution in [0.2, 0.25) is 0 Å². The van der Waals surface area contributed by atoms with Gasteiger partial charge in [0.2, 0.25) is 5.91 Å². The number of aromatic nitrogens is 2. The number of carbonyl (C=O) groups is 1. The van der Waals surface area contributed by atoms with E-state index in [1.54, 1.807) is 12.5 Å². The fourth-order valence-electron chi connectivity index (χ4n) is 1.40. The van der Waals surface area contributed by atoms with Crippen LogP contribution >= 0.6 is 0 Å². The van der Waals surface area contributed by atoms with Crippen LogP contribution in [0.5, 0.6) is 0 Å². The van der Waals surface area contributed by atoms with Gasteiger partial charge in [-0.25, -0.2) is 13.4 Å². The highest BCUT2D eigenvalue weighted by Gasteiger charge is 2.14. The molecule has 1 heterocycles. The van der Waals surface area contributed by atoms with Gasteiger partial charge in [-0.2, -0.15) is 0 Å². The van der Waals surface area contributed by atoms with E-state index in [0.29, 0.717) is 6.54 Å². The van der Waals surface area contributed by atoms with Crippen molar-refractivity contribution < 1.29 is 13.2 Å². The highest BCUT2D eigenvalue weighted by Crippen LogP contribution is 1.92. The van der Waals surface area contributed by atoms with Crippen LogP contribution in [0.4, 0.5) is 0 Å². The van der Waals surface area contributed by atoms with Crippen molar-refractivity contribution in [3.05, 3.63) is 31.4 Å². The van der Waals surface area contributed by atoms with Crippen molar-refractivity contribution in [2.24, 2.45) is 0 Å². The summed E-state index contributed by atoms with van der Waals surface area (Å²) in [6, 6.07) is 0. The zero-order valence-electron chi connectivity index (χ0n) is 10.1. The second kappa shape index (κ2) is 6.95. The molecule has 1 rings (SSSR count). The van der Waals surface area contributed by atoms with Crippen LogP contribution < -0.4 is 5.32 Å². The molecule has 1 aromatic heterocycles. The second-order valence-electron chi connectivity index (χ2n) is 3.85.